The molecule has 1 aliphatic rings. The van der Waals surface area contributed by atoms with Crippen molar-refractivity contribution in [2.24, 2.45) is 0 Å². The van der Waals surface area contributed by atoms with Crippen LogP contribution in [0.15, 0.2) is 42.1 Å². The number of carbonyl (C=O) groups is 1. The van der Waals surface area contributed by atoms with Crippen molar-refractivity contribution >= 4 is 17.7 Å². The first-order chi connectivity index (χ1) is 13.4. The number of hydrogen-bond donors (Lipinski definition) is 1. The zero-order valence-electron chi connectivity index (χ0n) is 14.9. The molecule has 0 radical (unpaired) electrons. The Kier molecular flexibility index (Phi) is 6.28. The second-order valence-corrected chi connectivity index (χ2v) is 7.18. The molecule has 0 saturated heterocycles. The summed E-state index contributed by atoms with van der Waals surface area (Å²) in [6, 6.07) is 5.70. The number of alkyl halides is 3. The Bertz CT molecular complexity index is 850. The second-order valence-electron chi connectivity index (χ2n) is 6.24. The van der Waals surface area contributed by atoms with E-state index in [0.29, 0.717) is 17.6 Å². The minimum Gasteiger partial charge on any atom is -0.405 e. The number of amides is 1. The van der Waals surface area contributed by atoms with Crippen molar-refractivity contribution in [1.82, 2.24) is 20.1 Å². The first-order valence-corrected chi connectivity index (χ1v) is 9.63. The SMILES string of the molecule is C=CCn1c(SCC(=O)NCc2ccccc2OC(F)(F)F)nnc1C1CC1. The molecule has 3 rings (SSSR count). The van der Waals surface area contributed by atoms with Crippen LogP contribution in [0.3, 0.4) is 0 Å². The lowest BCUT2D eigenvalue weighted by Crippen LogP contribution is -2.26. The van der Waals surface area contributed by atoms with Crippen LogP contribution in [-0.4, -0.2) is 32.8 Å². The van der Waals surface area contributed by atoms with Crippen LogP contribution in [0, 0.1) is 0 Å². The number of para-hydroxylation sites is 1. The van der Waals surface area contributed by atoms with Gasteiger partial charge in [0.25, 0.3) is 0 Å². The van der Waals surface area contributed by atoms with Gasteiger partial charge in [-0.3, -0.25) is 4.79 Å². The Labute approximate surface area is 164 Å². The van der Waals surface area contributed by atoms with Crippen molar-refractivity contribution in [2.45, 2.75) is 43.4 Å². The second kappa shape index (κ2) is 8.68. The number of rotatable bonds is 9. The monoisotopic (exact) mass is 412 g/mol. The van der Waals surface area contributed by atoms with Gasteiger partial charge < -0.3 is 14.6 Å². The standard InChI is InChI=1S/C18H19F3N4O2S/c1-2-9-25-16(12-7-8-12)23-24-17(25)28-11-15(26)22-10-13-5-3-4-6-14(13)27-18(19,20)21/h2-6,12H,1,7-11H2,(H,22,26). The molecule has 10 heteroatoms. The molecule has 1 aromatic carbocycles. The molecule has 0 spiro atoms. The van der Waals surface area contributed by atoms with Gasteiger partial charge in [-0.25, -0.2) is 0 Å². The Morgan fingerprint density at radius 3 is 2.79 bits per heavy atom. The molecule has 1 aromatic heterocycles. The van der Waals surface area contributed by atoms with Crippen molar-refractivity contribution in [2.75, 3.05) is 5.75 Å². The third-order valence-electron chi connectivity index (χ3n) is 4.01. The number of thioether (sulfide) groups is 1. The lowest BCUT2D eigenvalue weighted by Gasteiger charge is -2.13. The topological polar surface area (TPSA) is 69.0 Å². The minimum absolute atomic E-state index is 0.0711. The van der Waals surface area contributed by atoms with Gasteiger partial charge in [0, 0.05) is 24.6 Å². The van der Waals surface area contributed by atoms with Crippen LogP contribution in [0.1, 0.15) is 30.1 Å². The summed E-state index contributed by atoms with van der Waals surface area (Å²) in [6.45, 7) is 4.22. The molecule has 0 atom stereocenters. The van der Waals surface area contributed by atoms with Gasteiger partial charge in [-0.2, -0.15) is 0 Å². The van der Waals surface area contributed by atoms with Crippen LogP contribution >= 0.6 is 11.8 Å². The van der Waals surface area contributed by atoms with E-state index in [2.05, 4.69) is 26.8 Å². The van der Waals surface area contributed by atoms with E-state index in [1.165, 1.54) is 30.0 Å². The van der Waals surface area contributed by atoms with E-state index < -0.39 is 6.36 Å². The zero-order chi connectivity index (χ0) is 20.1. The number of carbonyl (C=O) groups excluding carboxylic acids is 1. The molecule has 6 nitrogen and oxygen atoms in total. The zero-order valence-corrected chi connectivity index (χ0v) is 15.7. The largest absolute Gasteiger partial charge is 0.573 e. The van der Waals surface area contributed by atoms with Crippen molar-refractivity contribution in [3.05, 3.63) is 48.3 Å². The molecule has 0 bridgehead atoms. The number of allylic oxidation sites excluding steroid dienone is 1. The highest BCUT2D eigenvalue weighted by Gasteiger charge is 2.32. The van der Waals surface area contributed by atoms with E-state index >= 15 is 0 Å². The van der Waals surface area contributed by atoms with Gasteiger partial charge in [0.15, 0.2) is 5.16 Å². The summed E-state index contributed by atoms with van der Waals surface area (Å²) in [5.41, 5.74) is 0.240. The average Bonchev–Trinajstić information content (AvgIpc) is 3.40. The number of hydrogen-bond acceptors (Lipinski definition) is 5. The summed E-state index contributed by atoms with van der Waals surface area (Å²) >= 11 is 1.23. The van der Waals surface area contributed by atoms with Crippen LogP contribution in [0.2, 0.25) is 0 Å². The van der Waals surface area contributed by atoms with E-state index in [-0.39, 0.29) is 29.5 Å². The van der Waals surface area contributed by atoms with E-state index in [4.69, 9.17) is 0 Å². The van der Waals surface area contributed by atoms with E-state index in [1.807, 2.05) is 4.57 Å². The average molecular weight is 412 g/mol. The summed E-state index contributed by atoms with van der Waals surface area (Å²) in [4.78, 5) is 12.1. The first kappa shape index (κ1) is 20.2. The van der Waals surface area contributed by atoms with Crippen LogP contribution in [-0.2, 0) is 17.9 Å². The molecule has 1 amide bonds. The Balaban J connectivity index is 1.55. The van der Waals surface area contributed by atoms with Gasteiger partial charge in [-0.1, -0.05) is 36.0 Å². The normalized spacial score (nSPS) is 14.0. The summed E-state index contributed by atoms with van der Waals surface area (Å²) in [7, 11) is 0. The number of nitrogens with one attached hydrogen (secondary N) is 1. The van der Waals surface area contributed by atoms with Crippen LogP contribution < -0.4 is 10.1 Å². The summed E-state index contributed by atoms with van der Waals surface area (Å²) in [5, 5.41) is 11.6. The number of nitrogens with zero attached hydrogens (tertiary/aromatic N) is 3. The molecule has 0 unspecified atom stereocenters. The Morgan fingerprint density at radius 2 is 2.11 bits per heavy atom. The van der Waals surface area contributed by atoms with Gasteiger partial charge in [-0.15, -0.1) is 29.9 Å². The smallest absolute Gasteiger partial charge is 0.405 e. The molecule has 1 saturated carbocycles. The van der Waals surface area contributed by atoms with Crippen LogP contribution in [0.25, 0.3) is 0 Å². The molecule has 1 heterocycles. The number of halogens is 3. The van der Waals surface area contributed by atoms with Crippen LogP contribution in [0.5, 0.6) is 5.75 Å². The van der Waals surface area contributed by atoms with Crippen LogP contribution in [0.4, 0.5) is 13.2 Å². The van der Waals surface area contributed by atoms with Gasteiger partial charge in [0.1, 0.15) is 11.6 Å². The van der Waals surface area contributed by atoms with Gasteiger partial charge in [-0.05, 0) is 18.9 Å². The molecule has 0 aliphatic heterocycles. The molecule has 2 aromatic rings. The third-order valence-corrected chi connectivity index (χ3v) is 4.97. The highest BCUT2D eigenvalue weighted by atomic mass is 32.2. The lowest BCUT2D eigenvalue weighted by molar-refractivity contribution is -0.274. The highest BCUT2D eigenvalue weighted by molar-refractivity contribution is 7.99. The van der Waals surface area contributed by atoms with Crippen molar-refractivity contribution in [3.63, 3.8) is 0 Å². The number of aromatic nitrogens is 3. The fourth-order valence-corrected chi connectivity index (χ4v) is 3.38. The predicted octanol–water partition coefficient (Wildman–Crippen LogP) is 3.65. The molecule has 1 aliphatic carbocycles. The maximum atomic E-state index is 12.5. The quantitative estimate of drug-likeness (QED) is 0.503. The van der Waals surface area contributed by atoms with E-state index in [9.17, 15) is 18.0 Å². The fraction of sp³-hybridized carbons (Fsp3) is 0.389. The van der Waals surface area contributed by atoms with Gasteiger partial charge in [0.2, 0.25) is 5.91 Å². The summed E-state index contributed by atoms with van der Waals surface area (Å²) in [5.74, 6) is 0.736. The maximum Gasteiger partial charge on any atom is 0.573 e. The highest BCUT2D eigenvalue weighted by Crippen LogP contribution is 2.40. The first-order valence-electron chi connectivity index (χ1n) is 8.64. The molecular formula is C18H19F3N4O2S. The van der Waals surface area contributed by atoms with Crippen molar-refractivity contribution < 1.29 is 22.7 Å². The number of ether oxygens (including phenoxy) is 1. The Hall–Kier alpha value is -2.49. The summed E-state index contributed by atoms with van der Waals surface area (Å²) < 4.78 is 43.3. The van der Waals surface area contributed by atoms with Crippen molar-refractivity contribution in [3.8, 4) is 5.75 Å². The van der Waals surface area contributed by atoms with Gasteiger partial charge >= 0.3 is 6.36 Å². The molecule has 1 N–H and O–H groups in total. The molecule has 1 fully saturated rings. The minimum atomic E-state index is -4.79. The predicted molar refractivity (Wildman–Crippen MR) is 97.9 cm³/mol. The molecular weight excluding hydrogens is 393 g/mol. The summed E-state index contributed by atoms with van der Waals surface area (Å²) in [6.07, 6.45) is -0.874. The fourth-order valence-electron chi connectivity index (χ4n) is 2.60. The van der Waals surface area contributed by atoms with E-state index in [1.54, 1.807) is 12.1 Å². The Morgan fingerprint density at radius 1 is 1.36 bits per heavy atom. The van der Waals surface area contributed by atoms with E-state index in [0.717, 1.165) is 18.7 Å². The number of benzene rings is 1. The molecule has 28 heavy (non-hydrogen) atoms. The lowest BCUT2D eigenvalue weighted by atomic mass is 10.2. The van der Waals surface area contributed by atoms with Gasteiger partial charge in [0.05, 0.1) is 5.75 Å². The maximum absolute atomic E-state index is 12.5. The molecule has 150 valence electrons. The third kappa shape index (κ3) is 5.51. The van der Waals surface area contributed by atoms with Crippen molar-refractivity contribution in [1.29, 1.82) is 0 Å².